The van der Waals surface area contributed by atoms with Crippen molar-refractivity contribution in [3.63, 3.8) is 0 Å². The van der Waals surface area contributed by atoms with Gasteiger partial charge in [0, 0.05) is 24.2 Å². The number of carbonyl (C=O) groups is 3. The standard InChI is InChI=1S/C22H24N2O4/c1-14-6-8-18(11-15(14)2)23-21(26)5-4-10-24-19-12-17(16(3)25)7-9-20(19)28-13-22(24)27/h6-9,11-12H,4-5,10,13H2,1-3H3,(H,23,26). The van der Waals surface area contributed by atoms with Crippen LogP contribution in [-0.2, 0) is 9.59 Å². The van der Waals surface area contributed by atoms with Crippen LogP contribution in [0.2, 0.25) is 0 Å². The topological polar surface area (TPSA) is 75.7 Å². The van der Waals surface area contributed by atoms with E-state index in [0.29, 0.717) is 36.4 Å². The van der Waals surface area contributed by atoms with Gasteiger partial charge in [0.15, 0.2) is 12.4 Å². The Bertz CT molecular complexity index is 936. The summed E-state index contributed by atoms with van der Waals surface area (Å²) in [4.78, 5) is 37.8. The second-order valence-corrected chi connectivity index (χ2v) is 7.02. The summed E-state index contributed by atoms with van der Waals surface area (Å²) in [6.07, 6.45) is 0.797. The van der Waals surface area contributed by atoms with E-state index in [4.69, 9.17) is 4.74 Å². The highest BCUT2D eigenvalue weighted by atomic mass is 16.5. The maximum Gasteiger partial charge on any atom is 0.265 e. The van der Waals surface area contributed by atoms with Gasteiger partial charge in [-0.15, -0.1) is 0 Å². The van der Waals surface area contributed by atoms with Gasteiger partial charge in [-0.1, -0.05) is 6.07 Å². The molecule has 0 aromatic heterocycles. The van der Waals surface area contributed by atoms with Gasteiger partial charge in [0.05, 0.1) is 5.69 Å². The first-order chi connectivity index (χ1) is 13.3. The number of ether oxygens (including phenoxy) is 1. The van der Waals surface area contributed by atoms with Crippen LogP contribution in [0.25, 0.3) is 0 Å². The molecular formula is C22H24N2O4. The number of hydrogen-bond donors (Lipinski definition) is 1. The quantitative estimate of drug-likeness (QED) is 0.776. The number of carbonyl (C=O) groups excluding carboxylic acids is 3. The molecule has 1 aliphatic rings. The van der Waals surface area contributed by atoms with Gasteiger partial charge in [-0.05, 0) is 68.7 Å². The molecule has 1 heterocycles. The van der Waals surface area contributed by atoms with E-state index in [-0.39, 0.29) is 24.2 Å². The van der Waals surface area contributed by atoms with E-state index in [1.165, 1.54) is 12.5 Å². The van der Waals surface area contributed by atoms with Gasteiger partial charge in [-0.3, -0.25) is 14.4 Å². The smallest absolute Gasteiger partial charge is 0.265 e. The van der Waals surface area contributed by atoms with Crippen molar-refractivity contribution in [2.24, 2.45) is 0 Å². The number of amides is 2. The molecule has 0 saturated heterocycles. The van der Waals surface area contributed by atoms with E-state index >= 15 is 0 Å². The van der Waals surface area contributed by atoms with E-state index in [0.717, 1.165) is 11.3 Å². The van der Waals surface area contributed by atoms with Gasteiger partial charge in [0.25, 0.3) is 5.91 Å². The number of anilines is 2. The minimum Gasteiger partial charge on any atom is -0.482 e. The zero-order valence-corrected chi connectivity index (χ0v) is 16.4. The normalized spacial score (nSPS) is 13.0. The molecule has 0 aliphatic carbocycles. The van der Waals surface area contributed by atoms with Crippen molar-refractivity contribution in [1.82, 2.24) is 0 Å². The second kappa shape index (κ2) is 8.25. The van der Waals surface area contributed by atoms with Crippen LogP contribution in [0.1, 0.15) is 41.3 Å². The fourth-order valence-electron chi connectivity index (χ4n) is 3.11. The third-order valence-electron chi connectivity index (χ3n) is 4.88. The van der Waals surface area contributed by atoms with Gasteiger partial charge in [-0.25, -0.2) is 0 Å². The molecule has 0 spiro atoms. The lowest BCUT2D eigenvalue weighted by Gasteiger charge is -2.29. The van der Waals surface area contributed by atoms with Crippen LogP contribution >= 0.6 is 0 Å². The molecule has 28 heavy (non-hydrogen) atoms. The van der Waals surface area contributed by atoms with Gasteiger partial charge in [-0.2, -0.15) is 0 Å². The predicted molar refractivity (Wildman–Crippen MR) is 108 cm³/mol. The van der Waals surface area contributed by atoms with E-state index in [9.17, 15) is 14.4 Å². The van der Waals surface area contributed by atoms with E-state index in [1.807, 2.05) is 32.0 Å². The number of ketones is 1. The van der Waals surface area contributed by atoms with Crippen molar-refractivity contribution >= 4 is 29.0 Å². The average molecular weight is 380 g/mol. The molecule has 6 nitrogen and oxygen atoms in total. The maximum atomic E-state index is 12.3. The Morgan fingerprint density at radius 2 is 1.89 bits per heavy atom. The Labute approximate surface area is 164 Å². The molecule has 2 aromatic carbocycles. The van der Waals surface area contributed by atoms with Gasteiger partial charge in [0.1, 0.15) is 5.75 Å². The Morgan fingerprint density at radius 1 is 1.11 bits per heavy atom. The number of aryl methyl sites for hydroxylation is 2. The molecule has 0 unspecified atom stereocenters. The van der Waals surface area contributed by atoms with Crippen LogP contribution in [-0.4, -0.2) is 30.7 Å². The van der Waals surface area contributed by atoms with Crippen LogP contribution < -0.4 is 15.0 Å². The average Bonchev–Trinajstić information content (AvgIpc) is 2.66. The van der Waals surface area contributed by atoms with E-state index < -0.39 is 0 Å². The highest BCUT2D eigenvalue weighted by Gasteiger charge is 2.26. The molecule has 3 rings (SSSR count). The lowest BCUT2D eigenvalue weighted by molar-refractivity contribution is -0.121. The molecule has 1 aliphatic heterocycles. The number of fused-ring (bicyclic) bond motifs is 1. The largest absolute Gasteiger partial charge is 0.482 e. The number of nitrogens with zero attached hydrogens (tertiary/aromatic N) is 1. The summed E-state index contributed by atoms with van der Waals surface area (Å²) < 4.78 is 5.45. The van der Waals surface area contributed by atoms with Gasteiger partial charge < -0.3 is 15.0 Å². The van der Waals surface area contributed by atoms with Gasteiger partial charge in [0.2, 0.25) is 5.91 Å². The van der Waals surface area contributed by atoms with Crippen LogP contribution in [0.15, 0.2) is 36.4 Å². The van der Waals surface area contributed by atoms with E-state index in [2.05, 4.69) is 5.32 Å². The monoisotopic (exact) mass is 380 g/mol. The molecule has 0 saturated carbocycles. The fourth-order valence-corrected chi connectivity index (χ4v) is 3.11. The minimum atomic E-state index is -0.178. The molecule has 0 atom stereocenters. The summed E-state index contributed by atoms with van der Waals surface area (Å²) in [6.45, 7) is 5.85. The number of Topliss-reactive ketones (excluding diaryl/α,β-unsaturated/α-hetero) is 1. The minimum absolute atomic E-state index is 0.0404. The van der Waals surface area contributed by atoms with Crippen LogP contribution in [0, 0.1) is 13.8 Å². The fraction of sp³-hybridized carbons (Fsp3) is 0.318. The Morgan fingerprint density at radius 3 is 2.61 bits per heavy atom. The molecule has 146 valence electrons. The molecule has 2 amide bonds. The third-order valence-corrected chi connectivity index (χ3v) is 4.88. The van der Waals surface area contributed by atoms with Crippen molar-refractivity contribution in [3.05, 3.63) is 53.1 Å². The summed E-state index contributed by atoms with van der Waals surface area (Å²) in [5, 5.41) is 2.89. The molecule has 0 fully saturated rings. The molecular weight excluding hydrogens is 356 g/mol. The van der Waals surface area contributed by atoms with Gasteiger partial charge >= 0.3 is 0 Å². The number of rotatable bonds is 6. The molecule has 1 N–H and O–H groups in total. The highest BCUT2D eigenvalue weighted by Crippen LogP contribution is 2.33. The number of nitrogens with one attached hydrogen (secondary N) is 1. The summed E-state index contributed by atoms with van der Waals surface area (Å²) in [6, 6.07) is 10.9. The van der Waals surface area contributed by atoms with Crippen molar-refractivity contribution in [1.29, 1.82) is 0 Å². The zero-order chi connectivity index (χ0) is 20.3. The molecule has 6 heteroatoms. The SMILES string of the molecule is CC(=O)c1ccc2c(c1)N(CCCC(=O)Nc1ccc(C)c(C)c1)C(=O)CO2. The van der Waals surface area contributed by atoms with Crippen molar-refractivity contribution in [2.45, 2.75) is 33.6 Å². The third kappa shape index (κ3) is 4.39. The van der Waals surface area contributed by atoms with Crippen LogP contribution in [0.4, 0.5) is 11.4 Å². The molecule has 0 bridgehead atoms. The molecule has 0 radical (unpaired) electrons. The summed E-state index contributed by atoms with van der Waals surface area (Å²) in [5.74, 6) is 0.224. The Kier molecular flexibility index (Phi) is 5.78. The van der Waals surface area contributed by atoms with Crippen LogP contribution in [0.3, 0.4) is 0 Å². The van der Waals surface area contributed by atoms with Crippen molar-refractivity contribution < 1.29 is 19.1 Å². The zero-order valence-electron chi connectivity index (χ0n) is 16.4. The first kappa shape index (κ1) is 19.6. The Balaban J connectivity index is 1.62. The van der Waals surface area contributed by atoms with Crippen LogP contribution in [0.5, 0.6) is 5.75 Å². The predicted octanol–water partition coefficient (Wildman–Crippen LogP) is 3.65. The summed E-state index contributed by atoms with van der Waals surface area (Å²) in [7, 11) is 0. The second-order valence-electron chi connectivity index (χ2n) is 7.02. The maximum absolute atomic E-state index is 12.3. The van der Waals surface area contributed by atoms with Crippen molar-refractivity contribution in [2.75, 3.05) is 23.4 Å². The highest BCUT2D eigenvalue weighted by molar-refractivity contribution is 6.01. The summed E-state index contributed by atoms with van der Waals surface area (Å²) in [5.41, 5.74) is 4.17. The lowest BCUT2D eigenvalue weighted by atomic mass is 10.1. The molecule has 2 aromatic rings. The Hall–Kier alpha value is -3.15. The lowest BCUT2D eigenvalue weighted by Crippen LogP contribution is -2.39. The van der Waals surface area contributed by atoms with E-state index in [1.54, 1.807) is 23.1 Å². The number of hydrogen-bond acceptors (Lipinski definition) is 4. The number of benzene rings is 2. The first-order valence-corrected chi connectivity index (χ1v) is 9.30. The summed E-state index contributed by atoms with van der Waals surface area (Å²) >= 11 is 0. The van der Waals surface area contributed by atoms with Crippen molar-refractivity contribution in [3.8, 4) is 5.75 Å². The first-order valence-electron chi connectivity index (χ1n) is 9.30.